The molecule has 1 spiro atoms. The van der Waals surface area contributed by atoms with Gasteiger partial charge in [0.05, 0.1) is 24.4 Å². The molecule has 1 atom stereocenters. The third-order valence-electron chi connectivity index (χ3n) is 7.35. The van der Waals surface area contributed by atoms with Crippen molar-refractivity contribution in [2.24, 2.45) is 0 Å². The van der Waals surface area contributed by atoms with Crippen molar-refractivity contribution in [3.05, 3.63) is 107 Å². The van der Waals surface area contributed by atoms with Gasteiger partial charge in [0.25, 0.3) is 11.7 Å². The number of hydrogen-bond donors (Lipinski definition) is 1. The van der Waals surface area contributed by atoms with Gasteiger partial charge >= 0.3 is 11.9 Å². The number of esters is 1. The molecule has 1 fully saturated rings. The Morgan fingerprint density at radius 3 is 2.07 bits per heavy atom. The summed E-state index contributed by atoms with van der Waals surface area (Å²) in [6, 6.07) is 21.4. The third kappa shape index (κ3) is 4.25. The monoisotopic (exact) mass is 566 g/mol. The van der Waals surface area contributed by atoms with Gasteiger partial charge in [-0.3, -0.25) is 24.2 Å². The molecule has 9 heteroatoms. The van der Waals surface area contributed by atoms with Crippen LogP contribution in [0.5, 0.6) is 5.75 Å². The Morgan fingerprint density at radius 2 is 1.48 bits per heavy atom. The van der Waals surface area contributed by atoms with Crippen molar-refractivity contribution in [1.29, 1.82) is 0 Å². The van der Waals surface area contributed by atoms with E-state index in [4.69, 9.17) is 9.47 Å². The van der Waals surface area contributed by atoms with Gasteiger partial charge in [-0.2, -0.15) is 0 Å². The number of amides is 2. The first-order valence-corrected chi connectivity index (χ1v) is 13.6. The smallest absolute Gasteiger partial charge is 0.339 e. The van der Waals surface area contributed by atoms with Gasteiger partial charge in [0, 0.05) is 22.6 Å². The van der Waals surface area contributed by atoms with E-state index >= 15 is 0 Å². The number of ketones is 1. The summed E-state index contributed by atoms with van der Waals surface area (Å²) in [5, 5.41) is 11.7. The van der Waals surface area contributed by atoms with Crippen molar-refractivity contribution in [3.63, 3.8) is 0 Å². The van der Waals surface area contributed by atoms with Crippen LogP contribution in [0.4, 0.5) is 11.4 Å². The molecule has 1 saturated heterocycles. The number of anilines is 2. The molecular formula is C33H30N2O7. The first-order chi connectivity index (χ1) is 20.2. The van der Waals surface area contributed by atoms with E-state index in [1.165, 1.54) is 17.0 Å². The summed E-state index contributed by atoms with van der Waals surface area (Å²) in [7, 11) is 0. The maximum absolute atomic E-state index is 14.9. The molecule has 2 heterocycles. The molecule has 1 N–H and O–H groups in total. The minimum absolute atomic E-state index is 0.0262. The Morgan fingerprint density at radius 1 is 0.833 bits per heavy atom. The standard InChI is InChI=1S/C33H30N2O7/c1-5-41-25-18-14-22(15-19-25)28(36)27-29(37)30(38)35(24-16-12-20(3)13-17-24)33(27)26(31(39)42-6-2)21(4)34(32(33)40)23-10-8-7-9-11-23/h7-19,36H,5-6H2,1-4H3/b28-27-. The van der Waals surface area contributed by atoms with Crippen LogP contribution in [0, 0.1) is 6.92 Å². The molecule has 9 nitrogen and oxygen atoms in total. The summed E-state index contributed by atoms with van der Waals surface area (Å²) < 4.78 is 10.9. The Kier molecular flexibility index (Phi) is 7.43. The summed E-state index contributed by atoms with van der Waals surface area (Å²) in [6.45, 7) is 7.24. The molecule has 42 heavy (non-hydrogen) atoms. The van der Waals surface area contributed by atoms with Crippen LogP contribution >= 0.6 is 0 Å². The lowest BCUT2D eigenvalue weighted by Gasteiger charge is -2.35. The van der Waals surface area contributed by atoms with Gasteiger partial charge in [0.15, 0.2) is 5.54 Å². The molecule has 2 amide bonds. The van der Waals surface area contributed by atoms with Crippen molar-refractivity contribution in [3.8, 4) is 5.75 Å². The minimum atomic E-state index is -2.35. The van der Waals surface area contributed by atoms with Crippen LogP contribution in [0.15, 0.2) is 95.7 Å². The van der Waals surface area contributed by atoms with E-state index in [1.807, 2.05) is 13.8 Å². The van der Waals surface area contributed by atoms with Crippen molar-refractivity contribution >= 4 is 40.7 Å². The number of allylic oxidation sites excluding steroid dienone is 1. The van der Waals surface area contributed by atoms with E-state index < -0.39 is 40.4 Å². The molecule has 2 aliphatic rings. The number of carbonyl (C=O) groups excluding carboxylic acids is 4. The topological polar surface area (TPSA) is 113 Å². The highest BCUT2D eigenvalue weighted by Gasteiger charge is 2.70. The van der Waals surface area contributed by atoms with E-state index in [1.54, 1.807) is 80.6 Å². The largest absolute Gasteiger partial charge is 0.507 e. The maximum Gasteiger partial charge on any atom is 0.339 e. The summed E-state index contributed by atoms with van der Waals surface area (Å²) >= 11 is 0. The number of nitrogens with zero attached hydrogens (tertiary/aromatic N) is 2. The summed E-state index contributed by atoms with van der Waals surface area (Å²) in [6.07, 6.45) is 0. The number of rotatable bonds is 7. The van der Waals surface area contributed by atoms with Gasteiger partial charge in [-0.25, -0.2) is 4.79 Å². The van der Waals surface area contributed by atoms with Gasteiger partial charge < -0.3 is 14.6 Å². The number of para-hydroxylation sites is 1. The van der Waals surface area contributed by atoms with E-state index in [-0.39, 0.29) is 29.1 Å². The van der Waals surface area contributed by atoms with Crippen molar-refractivity contribution in [2.75, 3.05) is 23.0 Å². The molecule has 0 saturated carbocycles. The van der Waals surface area contributed by atoms with Gasteiger partial charge in [0.2, 0.25) is 0 Å². The van der Waals surface area contributed by atoms with Crippen molar-refractivity contribution in [1.82, 2.24) is 0 Å². The highest BCUT2D eigenvalue weighted by atomic mass is 16.5. The Balaban J connectivity index is 1.87. The third-order valence-corrected chi connectivity index (χ3v) is 7.35. The summed E-state index contributed by atoms with van der Waals surface area (Å²) in [5.41, 5.74) is -1.29. The Bertz CT molecular complexity index is 1640. The van der Waals surface area contributed by atoms with Crippen LogP contribution in [-0.4, -0.2) is 47.4 Å². The van der Waals surface area contributed by atoms with Crippen LogP contribution in [0.25, 0.3) is 5.76 Å². The zero-order valence-corrected chi connectivity index (χ0v) is 23.7. The molecular weight excluding hydrogens is 536 g/mol. The lowest BCUT2D eigenvalue weighted by atomic mass is 9.80. The number of aliphatic hydroxyl groups is 1. The molecule has 0 radical (unpaired) electrons. The molecule has 1 unspecified atom stereocenters. The SMILES string of the molecule is CCOC(=O)C1=C(C)N(c2ccccc2)C(=O)C12/C(=C(\O)c1ccc(OCC)cc1)C(=O)C(=O)N2c1ccc(C)cc1. The normalized spacial score (nSPS) is 19.7. The van der Waals surface area contributed by atoms with Gasteiger partial charge in [0.1, 0.15) is 11.5 Å². The average Bonchev–Trinajstić information content (AvgIpc) is 3.35. The minimum Gasteiger partial charge on any atom is -0.507 e. The first kappa shape index (κ1) is 28.4. The van der Waals surface area contributed by atoms with Crippen LogP contribution in [0.1, 0.15) is 31.9 Å². The van der Waals surface area contributed by atoms with Gasteiger partial charge in [-0.15, -0.1) is 0 Å². The molecule has 214 valence electrons. The second-order valence-electron chi connectivity index (χ2n) is 9.85. The van der Waals surface area contributed by atoms with Gasteiger partial charge in [-0.05, 0) is 76.2 Å². The number of Topliss-reactive ketones (excluding diaryl/α,β-unsaturated/α-hetero) is 1. The zero-order valence-electron chi connectivity index (χ0n) is 23.7. The molecule has 2 aliphatic heterocycles. The highest BCUT2D eigenvalue weighted by Crippen LogP contribution is 2.52. The lowest BCUT2D eigenvalue weighted by molar-refractivity contribution is -0.140. The maximum atomic E-state index is 14.9. The number of benzene rings is 3. The Hall–Kier alpha value is -5.18. The second-order valence-corrected chi connectivity index (χ2v) is 9.85. The van der Waals surface area contributed by atoms with Crippen LogP contribution < -0.4 is 14.5 Å². The van der Waals surface area contributed by atoms with Crippen molar-refractivity contribution < 1.29 is 33.8 Å². The van der Waals surface area contributed by atoms with E-state index in [0.717, 1.165) is 10.5 Å². The van der Waals surface area contributed by atoms with E-state index in [9.17, 15) is 24.3 Å². The van der Waals surface area contributed by atoms with Crippen LogP contribution in [0.3, 0.4) is 0 Å². The predicted octanol–water partition coefficient (Wildman–Crippen LogP) is 4.90. The van der Waals surface area contributed by atoms with Crippen molar-refractivity contribution in [2.45, 2.75) is 33.2 Å². The second kappa shape index (κ2) is 11.0. The molecule has 3 aromatic carbocycles. The van der Waals surface area contributed by atoms with Crippen LogP contribution in [0.2, 0.25) is 0 Å². The molecule has 0 aliphatic carbocycles. The fraction of sp³-hybridized carbons (Fsp3) is 0.212. The zero-order chi connectivity index (χ0) is 30.2. The average molecular weight is 567 g/mol. The number of carbonyl (C=O) groups is 4. The number of aryl methyl sites for hydroxylation is 1. The lowest BCUT2D eigenvalue weighted by Crippen LogP contribution is -2.57. The fourth-order valence-electron chi connectivity index (χ4n) is 5.56. The predicted molar refractivity (Wildman–Crippen MR) is 157 cm³/mol. The highest BCUT2D eigenvalue weighted by molar-refractivity contribution is 6.56. The van der Waals surface area contributed by atoms with Gasteiger partial charge in [-0.1, -0.05) is 35.9 Å². The van der Waals surface area contributed by atoms with E-state index in [0.29, 0.717) is 18.0 Å². The molecule has 0 bridgehead atoms. The quantitative estimate of drug-likeness (QED) is 0.187. The summed E-state index contributed by atoms with van der Waals surface area (Å²) in [4.78, 5) is 58.8. The first-order valence-electron chi connectivity index (χ1n) is 13.6. The molecule has 5 rings (SSSR count). The Labute approximate surface area is 243 Å². The fourth-order valence-corrected chi connectivity index (χ4v) is 5.56. The molecule has 0 aromatic heterocycles. The number of aliphatic hydroxyl groups excluding tert-OH is 1. The number of hydrogen-bond acceptors (Lipinski definition) is 7. The van der Waals surface area contributed by atoms with Crippen LogP contribution in [-0.2, 0) is 23.9 Å². The molecule has 3 aromatic rings. The van der Waals surface area contributed by atoms with E-state index in [2.05, 4.69) is 0 Å². The summed E-state index contributed by atoms with van der Waals surface area (Å²) in [5.74, 6) is -3.92. The number of ether oxygens (including phenoxy) is 2.